The molecule has 2 heteroatoms. The van der Waals surface area contributed by atoms with E-state index in [1.807, 2.05) is 13.1 Å². The lowest BCUT2D eigenvalue weighted by Crippen LogP contribution is -2.07. The minimum absolute atomic E-state index is 0.817. The van der Waals surface area contributed by atoms with Crippen molar-refractivity contribution in [1.29, 1.82) is 5.26 Å². The van der Waals surface area contributed by atoms with Gasteiger partial charge in [0.2, 0.25) is 0 Å². The number of hydrogen-bond donors (Lipinski definition) is 0. The topological polar surface area (TPSA) is 36.7 Å². The second-order valence-corrected chi connectivity index (χ2v) is 3.54. The Morgan fingerprint density at radius 3 is 2.92 bits per heavy atom. The third-order valence-electron chi connectivity index (χ3n) is 2.70. The Bertz CT molecular complexity index is 374. The molecule has 1 aromatic heterocycles. The van der Waals surface area contributed by atoms with Gasteiger partial charge in [-0.2, -0.15) is 5.26 Å². The first-order valence-corrected chi connectivity index (χ1v) is 4.70. The van der Waals surface area contributed by atoms with Crippen LogP contribution in [0.2, 0.25) is 0 Å². The van der Waals surface area contributed by atoms with Crippen LogP contribution in [0.3, 0.4) is 0 Å². The van der Waals surface area contributed by atoms with E-state index in [-0.39, 0.29) is 0 Å². The van der Waals surface area contributed by atoms with Crippen molar-refractivity contribution in [1.82, 2.24) is 4.98 Å². The van der Waals surface area contributed by atoms with E-state index in [1.165, 1.54) is 24.0 Å². The van der Waals surface area contributed by atoms with Crippen molar-refractivity contribution in [2.24, 2.45) is 0 Å². The molecule has 0 atom stereocenters. The van der Waals surface area contributed by atoms with E-state index in [0.29, 0.717) is 0 Å². The molecule has 66 valence electrons. The van der Waals surface area contributed by atoms with Crippen molar-refractivity contribution >= 4 is 0 Å². The van der Waals surface area contributed by atoms with Crippen LogP contribution in [0.15, 0.2) is 6.20 Å². The number of pyridine rings is 1. The Balaban J connectivity index is 2.60. The maximum Gasteiger partial charge on any atom is 0.101 e. The number of rotatable bonds is 0. The normalized spacial score (nSPS) is 14.8. The molecule has 0 radical (unpaired) electrons. The zero-order valence-corrected chi connectivity index (χ0v) is 7.80. The average molecular weight is 172 g/mol. The molecular formula is C11H12N2. The second kappa shape index (κ2) is 3.18. The van der Waals surface area contributed by atoms with Crippen LogP contribution in [0.25, 0.3) is 0 Å². The number of aromatic nitrogens is 1. The van der Waals surface area contributed by atoms with Crippen LogP contribution >= 0.6 is 0 Å². The molecule has 1 aromatic rings. The molecule has 0 N–H and O–H groups in total. The molecule has 0 saturated carbocycles. The van der Waals surface area contributed by atoms with Gasteiger partial charge in [0.25, 0.3) is 0 Å². The molecule has 0 spiro atoms. The van der Waals surface area contributed by atoms with Crippen molar-refractivity contribution in [3.8, 4) is 6.07 Å². The van der Waals surface area contributed by atoms with Crippen LogP contribution in [0.4, 0.5) is 0 Å². The first-order valence-electron chi connectivity index (χ1n) is 4.70. The molecule has 0 saturated heterocycles. The summed E-state index contributed by atoms with van der Waals surface area (Å²) in [6.45, 7) is 1.91. The van der Waals surface area contributed by atoms with E-state index in [4.69, 9.17) is 5.26 Å². The number of nitrogens with zero attached hydrogens (tertiary/aromatic N) is 2. The van der Waals surface area contributed by atoms with E-state index in [1.54, 1.807) is 0 Å². The summed E-state index contributed by atoms with van der Waals surface area (Å²) in [4.78, 5) is 4.24. The quantitative estimate of drug-likeness (QED) is 0.601. The monoisotopic (exact) mass is 172 g/mol. The van der Waals surface area contributed by atoms with Gasteiger partial charge in [0.1, 0.15) is 6.07 Å². The summed E-state index contributed by atoms with van der Waals surface area (Å²) in [5.74, 6) is 0. The molecule has 13 heavy (non-hydrogen) atoms. The predicted molar refractivity (Wildman–Crippen MR) is 50.3 cm³/mol. The molecular weight excluding hydrogens is 160 g/mol. The van der Waals surface area contributed by atoms with Gasteiger partial charge in [-0.05, 0) is 43.7 Å². The molecule has 0 amide bonds. The summed E-state index contributed by atoms with van der Waals surface area (Å²) in [5, 5.41) is 8.98. The second-order valence-electron chi connectivity index (χ2n) is 3.54. The van der Waals surface area contributed by atoms with Gasteiger partial charge in [-0.3, -0.25) is 4.98 Å². The van der Waals surface area contributed by atoms with E-state index in [0.717, 1.165) is 24.1 Å². The summed E-state index contributed by atoms with van der Waals surface area (Å²) >= 11 is 0. The van der Waals surface area contributed by atoms with Gasteiger partial charge in [0.15, 0.2) is 0 Å². The van der Waals surface area contributed by atoms with Crippen molar-refractivity contribution in [2.75, 3.05) is 0 Å². The number of aryl methyl sites for hydroxylation is 2. The van der Waals surface area contributed by atoms with Gasteiger partial charge in [-0.25, -0.2) is 0 Å². The van der Waals surface area contributed by atoms with Gasteiger partial charge in [-0.15, -0.1) is 0 Å². The fraction of sp³-hybridized carbons (Fsp3) is 0.455. The highest BCUT2D eigenvalue weighted by atomic mass is 14.7. The Morgan fingerprint density at radius 1 is 1.38 bits per heavy atom. The van der Waals surface area contributed by atoms with Crippen LogP contribution in [0.5, 0.6) is 0 Å². The lowest BCUT2D eigenvalue weighted by Gasteiger charge is -2.16. The zero-order chi connectivity index (χ0) is 9.26. The first-order chi connectivity index (χ1) is 6.33. The smallest absolute Gasteiger partial charge is 0.101 e. The van der Waals surface area contributed by atoms with Crippen molar-refractivity contribution in [3.05, 3.63) is 28.6 Å². The number of nitriles is 1. The minimum Gasteiger partial charge on any atom is -0.260 e. The third kappa shape index (κ3) is 1.31. The summed E-state index contributed by atoms with van der Waals surface area (Å²) in [6.07, 6.45) is 6.54. The summed E-state index contributed by atoms with van der Waals surface area (Å²) in [7, 11) is 0. The zero-order valence-electron chi connectivity index (χ0n) is 7.80. The molecule has 2 rings (SSSR count). The average Bonchev–Trinajstić information content (AvgIpc) is 2.18. The summed E-state index contributed by atoms with van der Waals surface area (Å²) in [6, 6.07) is 2.26. The first kappa shape index (κ1) is 8.25. The highest BCUT2D eigenvalue weighted by Crippen LogP contribution is 2.24. The van der Waals surface area contributed by atoms with Gasteiger partial charge < -0.3 is 0 Å². The van der Waals surface area contributed by atoms with Crippen LogP contribution in [-0.4, -0.2) is 4.98 Å². The lowest BCUT2D eigenvalue weighted by atomic mass is 9.89. The summed E-state index contributed by atoms with van der Waals surface area (Å²) < 4.78 is 0. The maximum atomic E-state index is 8.98. The number of hydrogen-bond acceptors (Lipinski definition) is 2. The molecule has 2 nitrogen and oxygen atoms in total. The van der Waals surface area contributed by atoms with Crippen molar-refractivity contribution in [3.63, 3.8) is 0 Å². The molecule has 0 fully saturated rings. The van der Waals surface area contributed by atoms with E-state index < -0.39 is 0 Å². The van der Waals surface area contributed by atoms with Crippen molar-refractivity contribution in [2.45, 2.75) is 32.6 Å². The van der Waals surface area contributed by atoms with E-state index in [2.05, 4.69) is 11.1 Å². The standard InChI is InChI=1S/C11H12N2/c1-8-11(6-12)10-5-3-2-4-9(10)7-13-8/h7H,2-5H2,1H3. The third-order valence-corrected chi connectivity index (χ3v) is 2.70. The Labute approximate surface area is 78.2 Å². The lowest BCUT2D eigenvalue weighted by molar-refractivity contribution is 0.679. The molecule has 0 bridgehead atoms. The Morgan fingerprint density at radius 2 is 2.15 bits per heavy atom. The summed E-state index contributed by atoms with van der Waals surface area (Å²) in [5.41, 5.74) is 4.23. The molecule has 0 aliphatic heterocycles. The van der Waals surface area contributed by atoms with Crippen LogP contribution in [-0.2, 0) is 12.8 Å². The Hall–Kier alpha value is -1.36. The fourth-order valence-electron chi connectivity index (χ4n) is 1.96. The van der Waals surface area contributed by atoms with Crippen LogP contribution in [0.1, 0.15) is 35.2 Å². The van der Waals surface area contributed by atoms with E-state index in [9.17, 15) is 0 Å². The van der Waals surface area contributed by atoms with Crippen molar-refractivity contribution < 1.29 is 0 Å². The molecule has 1 heterocycles. The highest BCUT2D eigenvalue weighted by Gasteiger charge is 2.15. The minimum atomic E-state index is 0.817. The predicted octanol–water partition coefficient (Wildman–Crippen LogP) is 2.14. The molecule has 1 aliphatic carbocycles. The highest BCUT2D eigenvalue weighted by molar-refractivity contribution is 5.45. The van der Waals surface area contributed by atoms with Gasteiger partial charge in [0.05, 0.1) is 11.3 Å². The van der Waals surface area contributed by atoms with Crippen LogP contribution in [0, 0.1) is 18.3 Å². The van der Waals surface area contributed by atoms with Gasteiger partial charge in [0, 0.05) is 6.20 Å². The maximum absolute atomic E-state index is 8.98. The fourth-order valence-corrected chi connectivity index (χ4v) is 1.96. The van der Waals surface area contributed by atoms with Gasteiger partial charge in [-0.1, -0.05) is 0 Å². The van der Waals surface area contributed by atoms with Crippen LogP contribution < -0.4 is 0 Å². The van der Waals surface area contributed by atoms with E-state index >= 15 is 0 Å². The molecule has 0 aromatic carbocycles. The Kier molecular flexibility index (Phi) is 2.02. The van der Waals surface area contributed by atoms with Gasteiger partial charge >= 0.3 is 0 Å². The SMILES string of the molecule is Cc1ncc2c(c1C#N)CCCC2. The molecule has 0 unspecified atom stereocenters. The largest absolute Gasteiger partial charge is 0.260 e. The number of fused-ring (bicyclic) bond motifs is 1. The molecule has 1 aliphatic rings.